The lowest BCUT2D eigenvalue weighted by molar-refractivity contribution is -0.170. The topological polar surface area (TPSA) is 112 Å². The highest BCUT2D eigenvalue weighted by Gasteiger charge is 2.58. The lowest BCUT2D eigenvalue weighted by Gasteiger charge is -2.58. The van der Waals surface area contributed by atoms with Gasteiger partial charge in [0.05, 0.1) is 24.9 Å². The highest BCUT2D eigenvalue weighted by atomic mass is 19.4. The lowest BCUT2D eigenvalue weighted by atomic mass is 9.80. The Morgan fingerprint density at radius 3 is 2.48 bits per heavy atom. The third kappa shape index (κ3) is 4.67. The van der Waals surface area contributed by atoms with Gasteiger partial charge >= 0.3 is 6.18 Å². The molecule has 40 heavy (non-hydrogen) atoms. The monoisotopic (exact) mass is 558 g/mol. The maximum atomic E-state index is 16.1. The Balaban J connectivity index is 1.49. The maximum Gasteiger partial charge on any atom is 0.403 e. The van der Waals surface area contributed by atoms with Crippen LogP contribution in [0.4, 0.5) is 27.6 Å². The fraction of sp³-hybridized carbons (Fsp3) is 0.370. The lowest BCUT2D eigenvalue weighted by Crippen LogP contribution is -2.75. The number of nitrogen functional groups attached to an aromatic ring is 1. The standard InChI is InChI=1S/C27H27F5N8/c1-16-22(12-35-38-16)19-11-36-40(13-19)25(7-8-33)14-39(15-25)26(37-17(2)27(30,31)32)10-23(28)21(9-24(26)29)18-3-5-20(34)6-4-18/h3-6,9,11-13,17,37H,7,10,14-15,34H2,1-2H3,(H,35,38)/t17-,26?/m0/s1. The van der Waals surface area contributed by atoms with Crippen molar-refractivity contribution in [3.8, 4) is 17.2 Å². The molecule has 1 aromatic carbocycles. The molecule has 1 saturated heterocycles. The van der Waals surface area contributed by atoms with Crippen LogP contribution >= 0.6 is 0 Å². The molecule has 2 aliphatic rings. The molecule has 0 spiro atoms. The number of aryl methyl sites for hydroxylation is 1. The number of hydrogen-bond donors (Lipinski definition) is 3. The summed E-state index contributed by atoms with van der Waals surface area (Å²) in [5.41, 5.74) is 5.67. The number of halogens is 5. The number of nitrogens with two attached hydrogens (primary N) is 1. The summed E-state index contributed by atoms with van der Waals surface area (Å²) in [5.74, 6) is -1.74. The van der Waals surface area contributed by atoms with Gasteiger partial charge in [0.25, 0.3) is 0 Å². The van der Waals surface area contributed by atoms with Crippen LogP contribution in [-0.2, 0) is 5.54 Å². The fourth-order valence-corrected chi connectivity index (χ4v) is 5.33. The Hall–Kier alpha value is -4.02. The van der Waals surface area contributed by atoms with Crippen LogP contribution in [-0.4, -0.2) is 55.8 Å². The predicted octanol–water partition coefficient (Wildman–Crippen LogP) is 4.96. The first-order valence-electron chi connectivity index (χ1n) is 12.5. The minimum atomic E-state index is -4.71. The predicted molar refractivity (Wildman–Crippen MR) is 138 cm³/mol. The van der Waals surface area contributed by atoms with Gasteiger partial charge in [-0.3, -0.25) is 20.0 Å². The van der Waals surface area contributed by atoms with Gasteiger partial charge in [-0.15, -0.1) is 0 Å². The van der Waals surface area contributed by atoms with E-state index in [1.165, 1.54) is 29.2 Å². The molecular weight excluding hydrogens is 531 g/mol. The number of alkyl halides is 3. The van der Waals surface area contributed by atoms with Gasteiger partial charge in [-0.2, -0.15) is 28.6 Å². The second kappa shape index (κ2) is 9.87. The van der Waals surface area contributed by atoms with Crippen molar-refractivity contribution in [2.45, 2.75) is 50.1 Å². The Bertz CT molecular complexity index is 1500. The molecule has 2 atom stereocenters. The Morgan fingerprint density at radius 2 is 1.88 bits per heavy atom. The average Bonchev–Trinajstić information content (AvgIpc) is 3.52. The van der Waals surface area contributed by atoms with Crippen molar-refractivity contribution in [2.75, 3.05) is 18.8 Å². The van der Waals surface area contributed by atoms with Crippen LogP contribution in [0.25, 0.3) is 16.7 Å². The van der Waals surface area contributed by atoms with E-state index in [1.54, 1.807) is 23.3 Å². The van der Waals surface area contributed by atoms with Crippen molar-refractivity contribution >= 4 is 11.3 Å². The minimum absolute atomic E-state index is 0.0414. The molecule has 1 aliphatic heterocycles. The van der Waals surface area contributed by atoms with E-state index in [0.717, 1.165) is 29.8 Å². The van der Waals surface area contributed by atoms with Gasteiger partial charge in [0.2, 0.25) is 0 Å². The van der Waals surface area contributed by atoms with Crippen molar-refractivity contribution in [1.82, 2.24) is 30.2 Å². The van der Waals surface area contributed by atoms with Crippen LogP contribution in [0.2, 0.25) is 0 Å². The molecule has 1 unspecified atom stereocenters. The van der Waals surface area contributed by atoms with Crippen LogP contribution in [0.5, 0.6) is 0 Å². The third-order valence-corrected chi connectivity index (χ3v) is 7.67. The molecule has 210 valence electrons. The van der Waals surface area contributed by atoms with Gasteiger partial charge in [-0.05, 0) is 37.6 Å². The van der Waals surface area contributed by atoms with E-state index in [2.05, 4.69) is 26.7 Å². The van der Waals surface area contributed by atoms with Crippen LogP contribution in [0.3, 0.4) is 0 Å². The Morgan fingerprint density at radius 1 is 1.18 bits per heavy atom. The van der Waals surface area contributed by atoms with E-state index in [9.17, 15) is 18.4 Å². The summed E-state index contributed by atoms with van der Waals surface area (Å²) in [6, 6.07) is 6.06. The number of likely N-dealkylation sites (tertiary alicyclic amines) is 1. The van der Waals surface area contributed by atoms with E-state index in [1.807, 2.05) is 6.92 Å². The van der Waals surface area contributed by atoms with E-state index >= 15 is 8.78 Å². The second-order valence-corrected chi connectivity index (χ2v) is 10.4. The number of nitriles is 1. The summed E-state index contributed by atoms with van der Waals surface area (Å²) in [6.45, 7) is 2.61. The number of anilines is 1. The molecule has 4 N–H and O–H groups in total. The molecular formula is C27H27F5N8. The van der Waals surface area contributed by atoms with Crippen LogP contribution in [0.15, 0.2) is 60.6 Å². The summed E-state index contributed by atoms with van der Waals surface area (Å²) in [7, 11) is 0. The zero-order valence-electron chi connectivity index (χ0n) is 21.7. The molecule has 0 radical (unpaired) electrons. The van der Waals surface area contributed by atoms with Gasteiger partial charge in [-0.25, -0.2) is 8.78 Å². The average molecular weight is 559 g/mol. The molecule has 2 aromatic heterocycles. The summed E-state index contributed by atoms with van der Waals surface area (Å²) in [6.07, 6.45) is 0.446. The van der Waals surface area contributed by atoms with Crippen molar-refractivity contribution in [1.29, 1.82) is 5.26 Å². The number of benzene rings is 1. The molecule has 13 heteroatoms. The second-order valence-electron chi connectivity index (χ2n) is 10.4. The first-order valence-corrected chi connectivity index (χ1v) is 12.5. The molecule has 3 heterocycles. The van der Waals surface area contributed by atoms with Crippen molar-refractivity contribution < 1.29 is 22.0 Å². The molecule has 0 bridgehead atoms. The highest BCUT2D eigenvalue weighted by molar-refractivity contribution is 5.78. The molecule has 0 saturated carbocycles. The number of H-pyrrole nitrogens is 1. The number of nitrogens with zero attached hydrogens (tertiary/aromatic N) is 5. The Labute approximate surface area is 227 Å². The molecule has 3 aromatic rings. The van der Waals surface area contributed by atoms with Crippen LogP contribution < -0.4 is 11.1 Å². The number of allylic oxidation sites excluding steroid dienone is 2. The molecule has 1 fully saturated rings. The van der Waals surface area contributed by atoms with Crippen molar-refractivity contribution in [3.05, 3.63) is 71.8 Å². The van der Waals surface area contributed by atoms with Gasteiger partial charge in [0.1, 0.15) is 28.9 Å². The first kappa shape index (κ1) is 27.5. The van der Waals surface area contributed by atoms with E-state index in [0.29, 0.717) is 11.3 Å². The van der Waals surface area contributed by atoms with E-state index < -0.39 is 41.5 Å². The molecule has 0 amide bonds. The van der Waals surface area contributed by atoms with Crippen molar-refractivity contribution in [2.24, 2.45) is 0 Å². The van der Waals surface area contributed by atoms with Gasteiger partial charge in [0, 0.05) is 53.8 Å². The number of aromatic nitrogens is 4. The summed E-state index contributed by atoms with van der Waals surface area (Å²) < 4.78 is 74.3. The highest BCUT2D eigenvalue weighted by Crippen LogP contribution is 2.47. The zero-order valence-corrected chi connectivity index (χ0v) is 21.7. The smallest absolute Gasteiger partial charge is 0.399 e. The van der Waals surface area contributed by atoms with Crippen LogP contribution in [0.1, 0.15) is 31.0 Å². The van der Waals surface area contributed by atoms with Gasteiger partial charge in [-0.1, -0.05) is 12.1 Å². The molecule has 1 aliphatic carbocycles. The van der Waals surface area contributed by atoms with E-state index in [4.69, 9.17) is 5.73 Å². The summed E-state index contributed by atoms with van der Waals surface area (Å²) in [5, 5.41) is 23.2. The normalized spacial score (nSPS) is 22.0. The summed E-state index contributed by atoms with van der Waals surface area (Å²) >= 11 is 0. The summed E-state index contributed by atoms with van der Waals surface area (Å²) in [4.78, 5) is 1.40. The number of hydrogen-bond acceptors (Lipinski definition) is 6. The number of rotatable bonds is 7. The largest absolute Gasteiger partial charge is 0.403 e. The van der Waals surface area contributed by atoms with Gasteiger partial charge < -0.3 is 5.73 Å². The molecule has 8 nitrogen and oxygen atoms in total. The van der Waals surface area contributed by atoms with Crippen molar-refractivity contribution in [3.63, 3.8) is 0 Å². The first-order chi connectivity index (χ1) is 18.9. The quantitative estimate of drug-likeness (QED) is 0.279. The number of aromatic amines is 1. The Kier molecular flexibility index (Phi) is 6.79. The van der Waals surface area contributed by atoms with Gasteiger partial charge in [0.15, 0.2) is 0 Å². The fourth-order valence-electron chi connectivity index (χ4n) is 5.33. The SMILES string of the molecule is Cc1[nH]ncc1-c1cnn(C2(CC#N)CN(C3(N[C@@H](C)C(F)(F)F)CC(F)=C(c4ccc(N)cc4)C=C3F)C2)c1. The number of nitrogens with one attached hydrogen (secondary N) is 2. The maximum absolute atomic E-state index is 16.1. The van der Waals surface area contributed by atoms with Crippen LogP contribution in [0, 0.1) is 18.3 Å². The third-order valence-electron chi connectivity index (χ3n) is 7.67. The zero-order chi connectivity index (χ0) is 28.9. The molecule has 5 rings (SSSR count). The minimum Gasteiger partial charge on any atom is -0.399 e. The van der Waals surface area contributed by atoms with E-state index in [-0.39, 0.29) is 25.1 Å².